The molecule has 0 aromatic rings. The van der Waals surface area contributed by atoms with Crippen molar-refractivity contribution in [2.24, 2.45) is 0 Å². The van der Waals surface area contributed by atoms with Crippen molar-refractivity contribution in [3.8, 4) is 0 Å². The molecule has 0 amide bonds. The van der Waals surface area contributed by atoms with Crippen molar-refractivity contribution in [2.45, 2.75) is 309 Å². The number of esters is 3. The van der Waals surface area contributed by atoms with E-state index in [1.165, 1.54) is 96.3 Å². The Morgan fingerprint density at radius 2 is 0.434 bits per heavy atom. The van der Waals surface area contributed by atoms with E-state index >= 15 is 0 Å². The van der Waals surface area contributed by atoms with Crippen molar-refractivity contribution in [3.05, 3.63) is 146 Å². The van der Waals surface area contributed by atoms with Gasteiger partial charge in [0.2, 0.25) is 0 Å². The predicted octanol–water partition coefficient (Wildman–Crippen LogP) is 23.9. The minimum absolute atomic E-state index is 0.0921. The second kappa shape index (κ2) is 69.8. The number of allylic oxidation sites excluding steroid dienone is 24. The fourth-order valence-corrected chi connectivity index (χ4v) is 9.30. The van der Waals surface area contributed by atoms with E-state index in [0.29, 0.717) is 19.3 Å². The average Bonchev–Trinajstić information content (AvgIpc) is 3.49. The molecule has 0 aliphatic rings. The average molecular weight is 1150 g/mol. The summed E-state index contributed by atoms with van der Waals surface area (Å²) in [4.78, 5) is 38.5. The molecule has 0 aliphatic carbocycles. The number of ether oxygens (including phenoxy) is 3. The Balaban J connectivity index is 4.37. The van der Waals surface area contributed by atoms with Crippen molar-refractivity contribution < 1.29 is 28.6 Å². The maximum Gasteiger partial charge on any atom is 0.306 e. The highest BCUT2D eigenvalue weighted by Gasteiger charge is 2.19. The molecule has 0 aliphatic heterocycles. The lowest BCUT2D eigenvalue weighted by molar-refractivity contribution is -0.167. The van der Waals surface area contributed by atoms with Crippen LogP contribution in [0, 0.1) is 0 Å². The smallest absolute Gasteiger partial charge is 0.306 e. The molecule has 0 bridgehead atoms. The third kappa shape index (κ3) is 68.0. The highest BCUT2D eigenvalue weighted by Crippen LogP contribution is 2.16. The highest BCUT2D eigenvalue weighted by atomic mass is 16.6. The van der Waals surface area contributed by atoms with Gasteiger partial charge in [-0.2, -0.15) is 0 Å². The lowest BCUT2D eigenvalue weighted by Gasteiger charge is -2.18. The van der Waals surface area contributed by atoms with Crippen LogP contribution in [0.1, 0.15) is 303 Å². The second-order valence-corrected chi connectivity index (χ2v) is 22.3. The first kappa shape index (κ1) is 78.3. The number of carbonyl (C=O) groups excluding carboxylic acids is 3. The predicted molar refractivity (Wildman–Crippen MR) is 362 cm³/mol. The van der Waals surface area contributed by atoms with Crippen molar-refractivity contribution in [1.29, 1.82) is 0 Å². The van der Waals surface area contributed by atoms with Crippen LogP contribution in [0.2, 0.25) is 0 Å². The van der Waals surface area contributed by atoms with Gasteiger partial charge in [0.05, 0.1) is 0 Å². The lowest BCUT2D eigenvalue weighted by atomic mass is 10.0. The van der Waals surface area contributed by atoms with Gasteiger partial charge in [0.25, 0.3) is 0 Å². The Labute approximate surface area is 512 Å². The standard InChI is InChI=1S/C77H126O6/c1-4-7-10-13-16-19-22-25-28-30-32-34-36-37-38-39-41-42-44-46-49-52-55-58-61-64-67-70-76(79)82-73-74(72-81-75(78)69-66-63-60-57-54-51-48-27-24-21-18-15-12-9-6-3)83-77(80)71-68-65-62-59-56-53-50-47-45-43-40-35-33-31-29-26-23-20-17-14-11-8-5-2/h7-12,16-21,25-29,32-35,43,45,48,74H,4-6,13-15,22-24,30-31,36-42,44,46-47,49-73H2,1-3H3/b10-7-,11-8-,12-9-,19-16-,20-17-,21-18-,28-25-,29-26-,34-32-,35-33-,45-43-,48-27-. The monoisotopic (exact) mass is 1150 g/mol. The molecule has 83 heavy (non-hydrogen) atoms. The summed E-state index contributed by atoms with van der Waals surface area (Å²) in [5.74, 6) is -0.916. The molecule has 6 nitrogen and oxygen atoms in total. The quantitative estimate of drug-likeness (QED) is 0.0261. The maximum absolute atomic E-state index is 13.0. The zero-order chi connectivity index (χ0) is 59.9. The summed E-state index contributed by atoms with van der Waals surface area (Å²) < 4.78 is 17.0. The van der Waals surface area contributed by atoms with Crippen LogP contribution < -0.4 is 0 Å². The Hall–Kier alpha value is -4.71. The molecule has 0 N–H and O–H groups in total. The summed E-state index contributed by atoms with van der Waals surface area (Å²) in [6, 6.07) is 0. The number of rotatable bonds is 61. The van der Waals surface area contributed by atoms with Crippen molar-refractivity contribution in [3.63, 3.8) is 0 Å². The van der Waals surface area contributed by atoms with Gasteiger partial charge in [-0.05, 0) is 135 Å². The summed E-state index contributed by atoms with van der Waals surface area (Å²) in [6.07, 6.45) is 100. The van der Waals surface area contributed by atoms with E-state index in [0.717, 1.165) is 167 Å². The molecule has 0 heterocycles. The molecule has 0 aromatic carbocycles. The number of hydrogen-bond donors (Lipinski definition) is 0. The maximum atomic E-state index is 13.0. The van der Waals surface area contributed by atoms with Crippen molar-refractivity contribution >= 4 is 17.9 Å². The van der Waals surface area contributed by atoms with Gasteiger partial charge in [0.1, 0.15) is 13.2 Å². The normalized spacial score (nSPS) is 13.0. The molecule has 0 aromatic heterocycles. The van der Waals surface area contributed by atoms with Crippen LogP contribution in [0.5, 0.6) is 0 Å². The zero-order valence-electron chi connectivity index (χ0n) is 53.9. The summed E-state index contributed by atoms with van der Waals surface area (Å²) in [7, 11) is 0. The molecule has 6 heteroatoms. The van der Waals surface area contributed by atoms with E-state index in [9.17, 15) is 14.4 Å². The van der Waals surface area contributed by atoms with Gasteiger partial charge in [0.15, 0.2) is 6.10 Å². The zero-order valence-corrected chi connectivity index (χ0v) is 53.9. The molecule has 0 rings (SSSR count). The topological polar surface area (TPSA) is 78.9 Å². The minimum atomic E-state index is -0.799. The molecule has 0 saturated carbocycles. The molecular formula is C77H126O6. The van der Waals surface area contributed by atoms with Crippen molar-refractivity contribution in [2.75, 3.05) is 13.2 Å². The van der Waals surface area contributed by atoms with Crippen LogP contribution >= 0.6 is 0 Å². The summed E-state index contributed by atoms with van der Waals surface area (Å²) in [5.41, 5.74) is 0. The summed E-state index contributed by atoms with van der Waals surface area (Å²) >= 11 is 0. The van der Waals surface area contributed by atoms with Crippen LogP contribution in [0.4, 0.5) is 0 Å². The van der Waals surface area contributed by atoms with Gasteiger partial charge in [-0.25, -0.2) is 0 Å². The van der Waals surface area contributed by atoms with Gasteiger partial charge in [0, 0.05) is 19.3 Å². The number of hydrogen-bond acceptors (Lipinski definition) is 6. The molecule has 0 fully saturated rings. The Morgan fingerprint density at radius 3 is 0.675 bits per heavy atom. The largest absolute Gasteiger partial charge is 0.462 e. The molecular weight excluding hydrogens is 1020 g/mol. The molecule has 1 atom stereocenters. The van der Waals surface area contributed by atoms with Crippen LogP contribution in [-0.4, -0.2) is 37.2 Å². The Morgan fingerprint density at radius 1 is 0.241 bits per heavy atom. The van der Waals surface area contributed by atoms with Gasteiger partial charge >= 0.3 is 17.9 Å². The van der Waals surface area contributed by atoms with Crippen LogP contribution in [-0.2, 0) is 28.6 Å². The van der Waals surface area contributed by atoms with E-state index in [1.807, 2.05) is 0 Å². The molecule has 0 saturated heterocycles. The third-order valence-corrected chi connectivity index (χ3v) is 14.3. The van der Waals surface area contributed by atoms with E-state index < -0.39 is 6.10 Å². The molecule has 0 spiro atoms. The lowest BCUT2D eigenvalue weighted by Crippen LogP contribution is -2.30. The fourth-order valence-electron chi connectivity index (χ4n) is 9.30. The number of carbonyl (C=O) groups is 3. The van der Waals surface area contributed by atoms with E-state index in [1.54, 1.807) is 0 Å². The molecule has 1 unspecified atom stereocenters. The van der Waals surface area contributed by atoms with Crippen LogP contribution in [0.15, 0.2) is 146 Å². The molecule has 0 radical (unpaired) electrons. The van der Waals surface area contributed by atoms with Crippen molar-refractivity contribution in [1.82, 2.24) is 0 Å². The van der Waals surface area contributed by atoms with Gasteiger partial charge in [-0.1, -0.05) is 295 Å². The first-order chi connectivity index (χ1) is 41.0. The van der Waals surface area contributed by atoms with Crippen LogP contribution in [0.25, 0.3) is 0 Å². The SMILES string of the molecule is CC/C=C\C/C=C\C/C=C\C/C=C\C/C=C\CCCCCCCCCC(=O)OC(COC(=O)CCCCCCC/C=C\C/C=C\C/C=C\CC)COC(=O)CCCCCCCCCCCCCCCC/C=C\C/C=C\C/C=C\C/C=C\CC. The van der Waals surface area contributed by atoms with E-state index in [2.05, 4.69) is 167 Å². The van der Waals surface area contributed by atoms with E-state index in [4.69, 9.17) is 14.2 Å². The highest BCUT2D eigenvalue weighted by molar-refractivity contribution is 5.71. The summed E-state index contributed by atoms with van der Waals surface area (Å²) in [5, 5.41) is 0. The summed E-state index contributed by atoms with van der Waals surface area (Å²) in [6.45, 7) is 6.30. The van der Waals surface area contributed by atoms with Crippen LogP contribution in [0.3, 0.4) is 0 Å². The Bertz CT molecular complexity index is 1800. The second-order valence-electron chi connectivity index (χ2n) is 22.3. The number of unbranched alkanes of at least 4 members (excludes halogenated alkanes) is 26. The van der Waals surface area contributed by atoms with E-state index in [-0.39, 0.29) is 31.1 Å². The van der Waals surface area contributed by atoms with Gasteiger partial charge < -0.3 is 14.2 Å². The first-order valence-electron chi connectivity index (χ1n) is 34.3. The third-order valence-electron chi connectivity index (χ3n) is 14.3. The molecule has 470 valence electrons. The van der Waals surface area contributed by atoms with Gasteiger partial charge in [-0.15, -0.1) is 0 Å². The Kier molecular flexibility index (Phi) is 65.8. The minimum Gasteiger partial charge on any atom is -0.462 e. The van der Waals surface area contributed by atoms with Gasteiger partial charge in [-0.3, -0.25) is 14.4 Å². The first-order valence-corrected chi connectivity index (χ1v) is 34.3. The fraction of sp³-hybridized carbons (Fsp3) is 0.649.